The lowest BCUT2D eigenvalue weighted by Crippen LogP contribution is -2.34. The van der Waals surface area contributed by atoms with Gasteiger partial charge in [-0.2, -0.15) is 0 Å². The molecule has 0 aliphatic rings. The van der Waals surface area contributed by atoms with E-state index in [-0.39, 0.29) is 12.5 Å². The SMILES string of the molecule is CCn1c(-c2nc(C(=O)NCC(OC)OC)cs2)cc2ccccc21. The van der Waals surface area contributed by atoms with Crippen molar-refractivity contribution in [2.75, 3.05) is 20.8 Å². The van der Waals surface area contributed by atoms with Crippen molar-refractivity contribution in [3.05, 3.63) is 41.4 Å². The van der Waals surface area contributed by atoms with Crippen molar-refractivity contribution in [1.82, 2.24) is 14.9 Å². The van der Waals surface area contributed by atoms with Gasteiger partial charge in [-0.15, -0.1) is 11.3 Å². The minimum Gasteiger partial charge on any atom is -0.354 e. The predicted octanol–water partition coefficient (Wildman–Crippen LogP) is 3.13. The van der Waals surface area contributed by atoms with Crippen molar-refractivity contribution in [3.63, 3.8) is 0 Å². The van der Waals surface area contributed by atoms with Crippen LogP contribution in [0.3, 0.4) is 0 Å². The van der Waals surface area contributed by atoms with Crippen LogP contribution in [0, 0.1) is 0 Å². The third-order valence-corrected chi connectivity index (χ3v) is 4.90. The van der Waals surface area contributed by atoms with Crippen molar-refractivity contribution in [1.29, 1.82) is 0 Å². The van der Waals surface area contributed by atoms with Gasteiger partial charge in [-0.3, -0.25) is 4.79 Å². The van der Waals surface area contributed by atoms with Gasteiger partial charge in [-0.1, -0.05) is 18.2 Å². The summed E-state index contributed by atoms with van der Waals surface area (Å²) >= 11 is 1.47. The van der Waals surface area contributed by atoms with Gasteiger partial charge < -0.3 is 19.4 Å². The lowest BCUT2D eigenvalue weighted by molar-refractivity contribution is -0.0974. The molecule has 0 aliphatic carbocycles. The average Bonchev–Trinajstić information content (AvgIpc) is 3.26. The smallest absolute Gasteiger partial charge is 0.270 e. The van der Waals surface area contributed by atoms with Gasteiger partial charge in [0.25, 0.3) is 5.91 Å². The number of hydrogen-bond acceptors (Lipinski definition) is 5. The van der Waals surface area contributed by atoms with Crippen LogP contribution < -0.4 is 5.32 Å². The minimum absolute atomic E-state index is 0.235. The Balaban J connectivity index is 1.83. The van der Waals surface area contributed by atoms with Crippen LogP contribution in [0.1, 0.15) is 17.4 Å². The number of benzene rings is 1. The quantitative estimate of drug-likeness (QED) is 0.658. The Morgan fingerprint density at radius 2 is 2.08 bits per heavy atom. The summed E-state index contributed by atoms with van der Waals surface area (Å²) in [4.78, 5) is 16.8. The molecule has 1 aromatic carbocycles. The maximum absolute atomic E-state index is 12.3. The number of hydrogen-bond donors (Lipinski definition) is 1. The highest BCUT2D eigenvalue weighted by atomic mass is 32.1. The van der Waals surface area contributed by atoms with Crippen molar-refractivity contribution >= 4 is 28.1 Å². The summed E-state index contributed by atoms with van der Waals surface area (Å²) in [5.41, 5.74) is 2.60. The highest BCUT2D eigenvalue weighted by Gasteiger charge is 2.17. The van der Waals surface area contributed by atoms with Gasteiger partial charge in [0.2, 0.25) is 0 Å². The molecule has 6 nitrogen and oxygen atoms in total. The molecule has 0 saturated heterocycles. The van der Waals surface area contributed by atoms with E-state index in [0.29, 0.717) is 5.69 Å². The summed E-state index contributed by atoms with van der Waals surface area (Å²) in [6, 6.07) is 10.3. The van der Waals surface area contributed by atoms with Crippen LogP contribution in [-0.2, 0) is 16.0 Å². The average molecular weight is 359 g/mol. The Bertz CT molecular complexity index is 867. The van der Waals surface area contributed by atoms with Crippen LogP contribution in [0.2, 0.25) is 0 Å². The standard InChI is InChI=1S/C18H21N3O3S/c1-4-21-14-8-6-5-7-12(14)9-15(21)18-20-13(11-25-18)17(22)19-10-16(23-2)24-3/h5-9,11,16H,4,10H2,1-3H3,(H,19,22). The molecular weight excluding hydrogens is 338 g/mol. The monoisotopic (exact) mass is 359 g/mol. The number of fused-ring (bicyclic) bond motifs is 1. The first-order chi connectivity index (χ1) is 12.2. The molecule has 0 aliphatic heterocycles. The normalized spacial score (nSPS) is 11.4. The van der Waals surface area contributed by atoms with E-state index in [2.05, 4.69) is 40.0 Å². The highest BCUT2D eigenvalue weighted by molar-refractivity contribution is 7.13. The summed E-state index contributed by atoms with van der Waals surface area (Å²) in [6.45, 7) is 3.22. The number of aromatic nitrogens is 2. The van der Waals surface area contributed by atoms with E-state index in [9.17, 15) is 4.79 Å². The number of nitrogens with one attached hydrogen (secondary N) is 1. The number of thiazole rings is 1. The second kappa shape index (κ2) is 7.77. The van der Waals surface area contributed by atoms with E-state index < -0.39 is 6.29 Å². The Hall–Kier alpha value is -2.22. The van der Waals surface area contributed by atoms with Gasteiger partial charge in [0, 0.05) is 37.0 Å². The zero-order valence-electron chi connectivity index (χ0n) is 14.5. The van der Waals surface area contributed by atoms with Crippen LogP contribution in [0.5, 0.6) is 0 Å². The van der Waals surface area contributed by atoms with Gasteiger partial charge >= 0.3 is 0 Å². The van der Waals surface area contributed by atoms with Gasteiger partial charge in [-0.25, -0.2) is 4.98 Å². The lowest BCUT2D eigenvalue weighted by Gasteiger charge is -2.13. The fraction of sp³-hybridized carbons (Fsp3) is 0.333. The van der Waals surface area contributed by atoms with Crippen LogP contribution in [0.4, 0.5) is 0 Å². The number of methoxy groups -OCH3 is 2. The van der Waals surface area contributed by atoms with Crippen molar-refractivity contribution in [3.8, 4) is 10.7 Å². The molecule has 0 saturated carbocycles. The zero-order chi connectivity index (χ0) is 17.8. The second-order valence-electron chi connectivity index (χ2n) is 5.48. The van der Waals surface area contributed by atoms with Gasteiger partial charge in [-0.05, 0) is 19.1 Å². The molecule has 7 heteroatoms. The van der Waals surface area contributed by atoms with E-state index in [0.717, 1.165) is 17.2 Å². The van der Waals surface area contributed by atoms with Crippen LogP contribution in [0.15, 0.2) is 35.7 Å². The molecule has 2 aromatic heterocycles. The van der Waals surface area contributed by atoms with Crippen LogP contribution in [0.25, 0.3) is 21.6 Å². The summed E-state index contributed by atoms with van der Waals surface area (Å²) in [5, 5.41) is 6.55. The molecule has 3 rings (SSSR count). The van der Waals surface area contributed by atoms with E-state index in [4.69, 9.17) is 9.47 Å². The zero-order valence-corrected chi connectivity index (χ0v) is 15.3. The molecule has 0 radical (unpaired) electrons. The van der Waals surface area contributed by atoms with E-state index in [1.807, 2.05) is 12.1 Å². The van der Waals surface area contributed by atoms with E-state index in [1.54, 1.807) is 5.38 Å². The Morgan fingerprint density at radius 3 is 2.80 bits per heavy atom. The van der Waals surface area contributed by atoms with Crippen molar-refractivity contribution in [2.24, 2.45) is 0 Å². The lowest BCUT2D eigenvalue weighted by atomic mass is 10.2. The summed E-state index contributed by atoms with van der Waals surface area (Å²) < 4.78 is 12.3. The number of carbonyl (C=O) groups excluding carboxylic acids is 1. The molecule has 25 heavy (non-hydrogen) atoms. The number of carbonyl (C=O) groups is 1. The number of amides is 1. The first-order valence-corrected chi connectivity index (χ1v) is 8.93. The first kappa shape index (κ1) is 17.6. The molecule has 2 heterocycles. The first-order valence-electron chi connectivity index (χ1n) is 8.05. The van der Waals surface area contributed by atoms with E-state index >= 15 is 0 Å². The molecule has 0 fully saturated rings. The fourth-order valence-electron chi connectivity index (χ4n) is 2.75. The molecule has 0 bridgehead atoms. The highest BCUT2D eigenvalue weighted by Crippen LogP contribution is 2.30. The molecule has 0 unspecified atom stereocenters. The number of rotatable bonds is 7. The predicted molar refractivity (Wildman–Crippen MR) is 98.9 cm³/mol. The third kappa shape index (κ3) is 3.58. The minimum atomic E-state index is -0.468. The second-order valence-corrected chi connectivity index (χ2v) is 6.34. The number of para-hydroxylation sites is 1. The molecule has 1 N–H and O–H groups in total. The fourth-order valence-corrected chi connectivity index (χ4v) is 3.58. The summed E-state index contributed by atoms with van der Waals surface area (Å²) in [6.07, 6.45) is -0.468. The maximum atomic E-state index is 12.3. The summed E-state index contributed by atoms with van der Waals surface area (Å²) in [5.74, 6) is -0.235. The molecule has 0 spiro atoms. The van der Waals surface area contributed by atoms with Gasteiger partial charge in [0.05, 0.1) is 12.2 Å². The Kier molecular flexibility index (Phi) is 5.47. The Labute approximate surface area is 150 Å². The van der Waals surface area contributed by atoms with Gasteiger partial charge in [0.15, 0.2) is 6.29 Å². The molecule has 1 amide bonds. The maximum Gasteiger partial charge on any atom is 0.270 e. The Morgan fingerprint density at radius 1 is 1.32 bits per heavy atom. The number of ether oxygens (including phenoxy) is 2. The summed E-state index contributed by atoms with van der Waals surface area (Å²) in [7, 11) is 3.07. The molecule has 132 valence electrons. The molecule has 0 atom stereocenters. The number of nitrogens with zero attached hydrogens (tertiary/aromatic N) is 2. The largest absolute Gasteiger partial charge is 0.354 e. The van der Waals surface area contributed by atoms with Crippen LogP contribution >= 0.6 is 11.3 Å². The van der Waals surface area contributed by atoms with Crippen molar-refractivity contribution < 1.29 is 14.3 Å². The molecular formula is C18H21N3O3S. The van der Waals surface area contributed by atoms with Crippen molar-refractivity contribution in [2.45, 2.75) is 19.8 Å². The molecule has 3 aromatic rings. The third-order valence-electron chi connectivity index (χ3n) is 4.04. The number of aryl methyl sites for hydroxylation is 1. The topological polar surface area (TPSA) is 65.4 Å². The van der Waals surface area contributed by atoms with E-state index in [1.165, 1.54) is 36.5 Å². The van der Waals surface area contributed by atoms with Crippen LogP contribution in [-0.4, -0.2) is 42.5 Å². The van der Waals surface area contributed by atoms with Gasteiger partial charge in [0.1, 0.15) is 10.7 Å².